The molecule has 2 heterocycles. The molecule has 0 aliphatic carbocycles. The molecule has 4 heteroatoms. The van der Waals surface area contributed by atoms with Crippen LogP contribution in [0.15, 0.2) is 17.5 Å². The second-order valence-corrected chi connectivity index (χ2v) is 4.90. The number of hydrogen-bond donors (Lipinski definition) is 1. The van der Waals surface area contributed by atoms with Gasteiger partial charge in [0, 0.05) is 19.5 Å². The molecule has 1 N–H and O–H groups in total. The smallest absolute Gasteiger partial charge is 0.131 e. The second kappa shape index (κ2) is 5.27. The zero-order chi connectivity index (χ0) is 12.3. The van der Waals surface area contributed by atoms with Crippen molar-refractivity contribution in [3.05, 3.63) is 28.9 Å². The van der Waals surface area contributed by atoms with Gasteiger partial charge in [-0.25, -0.2) is 9.97 Å². The Morgan fingerprint density at radius 1 is 1.35 bits per heavy atom. The molecule has 0 atom stereocenters. The third kappa shape index (κ3) is 2.64. The van der Waals surface area contributed by atoms with Crippen LogP contribution in [0.2, 0.25) is 0 Å². The summed E-state index contributed by atoms with van der Waals surface area (Å²) in [5.74, 6) is 1.81. The Labute approximate surface area is 106 Å². The molecule has 2 rings (SSSR count). The standard InChI is InChI=1S/C13H17N3S/c1-4-5-11-15-10(8-12(14-3)16-11)13-9(2)6-7-17-13/h6-8H,4-5H2,1-3H3,(H,14,15,16). The molecule has 0 aromatic carbocycles. The van der Waals surface area contributed by atoms with Crippen molar-refractivity contribution in [2.24, 2.45) is 0 Å². The number of nitrogens with one attached hydrogen (secondary N) is 1. The molecule has 2 aromatic heterocycles. The summed E-state index contributed by atoms with van der Waals surface area (Å²) in [5, 5.41) is 5.20. The van der Waals surface area contributed by atoms with Crippen molar-refractivity contribution in [1.82, 2.24) is 9.97 Å². The van der Waals surface area contributed by atoms with Gasteiger partial charge in [-0.1, -0.05) is 6.92 Å². The first-order valence-electron chi connectivity index (χ1n) is 5.84. The van der Waals surface area contributed by atoms with Gasteiger partial charge >= 0.3 is 0 Å². The normalized spacial score (nSPS) is 10.5. The summed E-state index contributed by atoms with van der Waals surface area (Å²) in [4.78, 5) is 10.3. The van der Waals surface area contributed by atoms with E-state index < -0.39 is 0 Å². The van der Waals surface area contributed by atoms with Gasteiger partial charge in [0.2, 0.25) is 0 Å². The minimum atomic E-state index is 0.895. The van der Waals surface area contributed by atoms with Crippen molar-refractivity contribution >= 4 is 17.2 Å². The van der Waals surface area contributed by atoms with Gasteiger partial charge in [-0.3, -0.25) is 0 Å². The van der Waals surface area contributed by atoms with Crippen LogP contribution in [0.1, 0.15) is 24.7 Å². The molecule has 0 unspecified atom stereocenters. The molecule has 0 fully saturated rings. The minimum absolute atomic E-state index is 0.895. The van der Waals surface area contributed by atoms with Crippen molar-refractivity contribution in [3.63, 3.8) is 0 Å². The fourth-order valence-electron chi connectivity index (χ4n) is 1.71. The van der Waals surface area contributed by atoms with E-state index in [9.17, 15) is 0 Å². The van der Waals surface area contributed by atoms with Crippen LogP contribution in [0, 0.1) is 6.92 Å². The summed E-state index contributed by atoms with van der Waals surface area (Å²) >= 11 is 1.73. The molecule has 0 aliphatic rings. The second-order valence-electron chi connectivity index (χ2n) is 3.99. The largest absolute Gasteiger partial charge is 0.373 e. The van der Waals surface area contributed by atoms with Crippen LogP contribution in [0.5, 0.6) is 0 Å². The van der Waals surface area contributed by atoms with E-state index in [1.807, 2.05) is 13.1 Å². The van der Waals surface area contributed by atoms with Gasteiger partial charge in [0.25, 0.3) is 0 Å². The molecular weight excluding hydrogens is 230 g/mol. The highest BCUT2D eigenvalue weighted by Crippen LogP contribution is 2.28. The molecule has 0 aliphatic heterocycles. The maximum atomic E-state index is 4.63. The summed E-state index contributed by atoms with van der Waals surface area (Å²) in [5.41, 5.74) is 2.30. The number of aryl methyl sites for hydroxylation is 2. The fourth-order valence-corrected chi connectivity index (χ4v) is 2.60. The Hall–Kier alpha value is -1.42. The molecule has 0 saturated carbocycles. The molecule has 17 heavy (non-hydrogen) atoms. The van der Waals surface area contributed by atoms with Crippen molar-refractivity contribution < 1.29 is 0 Å². The summed E-state index contributed by atoms with van der Waals surface area (Å²) in [7, 11) is 1.89. The van der Waals surface area contributed by atoms with E-state index in [-0.39, 0.29) is 0 Å². The van der Waals surface area contributed by atoms with E-state index >= 15 is 0 Å². The Morgan fingerprint density at radius 3 is 2.76 bits per heavy atom. The highest BCUT2D eigenvalue weighted by Gasteiger charge is 2.08. The molecule has 90 valence electrons. The highest BCUT2D eigenvalue weighted by atomic mass is 32.1. The zero-order valence-corrected chi connectivity index (χ0v) is 11.3. The van der Waals surface area contributed by atoms with Crippen molar-refractivity contribution in [3.8, 4) is 10.6 Å². The van der Waals surface area contributed by atoms with E-state index in [1.54, 1.807) is 11.3 Å². The number of aromatic nitrogens is 2. The Morgan fingerprint density at radius 2 is 2.18 bits per heavy atom. The van der Waals surface area contributed by atoms with E-state index in [4.69, 9.17) is 0 Å². The van der Waals surface area contributed by atoms with Crippen LogP contribution >= 0.6 is 11.3 Å². The van der Waals surface area contributed by atoms with Crippen molar-refractivity contribution in [2.75, 3.05) is 12.4 Å². The number of thiophene rings is 1. The SMILES string of the molecule is CCCc1nc(NC)cc(-c2sccc2C)n1. The molecule has 0 saturated heterocycles. The molecule has 3 nitrogen and oxygen atoms in total. The van der Waals surface area contributed by atoms with Crippen molar-refractivity contribution in [1.29, 1.82) is 0 Å². The topological polar surface area (TPSA) is 37.8 Å². The maximum Gasteiger partial charge on any atom is 0.131 e. The van der Waals surface area contributed by atoms with Crippen LogP contribution in [-0.2, 0) is 6.42 Å². The minimum Gasteiger partial charge on any atom is -0.373 e. The molecule has 0 bridgehead atoms. The molecule has 0 radical (unpaired) electrons. The van der Waals surface area contributed by atoms with Gasteiger partial charge in [-0.2, -0.15) is 0 Å². The van der Waals surface area contributed by atoms with E-state index in [2.05, 4.69) is 40.6 Å². The molecule has 0 spiro atoms. The van der Waals surface area contributed by atoms with Gasteiger partial charge in [-0.15, -0.1) is 11.3 Å². The zero-order valence-electron chi connectivity index (χ0n) is 10.4. The van der Waals surface area contributed by atoms with Gasteiger partial charge < -0.3 is 5.32 Å². The lowest BCUT2D eigenvalue weighted by Crippen LogP contribution is -2.01. The number of nitrogens with zero attached hydrogens (tertiary/aromatic N) is 2. The summed E-state index contributed by atoms with van der Waals surface area (Å²) in [6.07, 6.45) is 1.99. The Bertz CT molecular complexity index is 505. The Kier molecular flexibility index (Phi) is 3.74. The van der Waals surface area contributed by atoms with E-state index in [0.717, 1.165) is 30.2 Å². The van der Waals surface area contributed by atoms with Crippen molar-refractivity contribution in [2.45, 2.75) is 26.7 Å². The number of anilines is 1. The first kappa shape index (κ1) is 12.0. The predicted octanol–water partition coefficient (Wildman–Crippen LogP) is 3.51. The first-order valence-corrected chi connectivity index (χ1v) is 6.72. The van der Waals surface area contributed by atoms with Crippen LogP contribution in [-0.4, -0.2) is 17.0 Å². The van der Waals surface area contributed by atoms with Crippen LogP contribution < -0.4 is 5.32 Å². The van der Waals surface area contributed by atoms with E-state index in [1.165, 1.54) is 10.4 Å². The van der Waals surface area contributed by atoms with Gasteiger partial charge in [0.1, 0.15) is 11.6 Å². The molecular formula is C13H17N3S. The lowest BCUT2D eigenvalue weighted by molar-refractivity contribution is 0.838. The number of rotatable bonds is 4. The van der Waals surface area contributed by atoms with Crippen LogP contribution in [0.3, 0.4) is 0 Å². The van der Waals surface area contributed by atoms with E-state index in [0.29, 0.717) is 0 Å². The monoisotopic (exact) mass is 247 g/mol. The number of hydrogen-bond acceptors (Lipinski definition) is 4. The summed E-state index contributed by atoms with van der Waals surface area (Å²) in [6, 6.07) is 4.14. The molecule has 0 amide bonds. The highest BCUT2D eigenvalue weighted by molar-refractivity contribution is 7.13. The van der Waals surface area contributed by atoms with Gasteiger partial charge in [-0.05, 0) is 30.4 Å². The first-order chi connectivity index (χ1) is 8.24. The lowest BCUT2D eigenvalue weighted by atomic mass is 10.2. The predicted molar refractivity (Wildman–Crippen MR) is 73.6 cm³/mol. The quantitative estimate of drug-likeness (QED) is 0.898. The third-order valence-corrected chi connectivity index (χ3v) is 3.64. The Balaban J connectivity index is 2.46. The lowest BCUT2D eigenvalue weighted by Gasteiger charge is -2.06. The maximum absolute atomic E-state index is 4.63. The fraction of sp³-hybridized carbons (Fsp3) is 0.385. The molecule has 2 aromatic rings. The van der Waals surface area contributed by atoms with Gasteiger partial charge in [0.15, 0.2) is 0 Å². The third-order valence-electron chi connectivity index (χ3n) is 2.60. The average molecular weight is 247 g/mol. The summed E-state index contributed by atoms with van der Waals surface area (Å²) < 4.78 is 0. The average Bonchev–Trinajstić information content (AvgIpc) is 2.75. The summed E-state index contributed by atoms with van der Waals surface area (Å²) in [6.45, 7) is 4.26. The van der Waals surface area contributed by atoms with Gasteiger partial charge in [0.05, 0.1) is 10.6 Å². The van der Waals surface area contributed by atoms with Crippen LogP contribution in [0.4, 0.5) is 5.82 Å². The van der Waals surface area contributed by atoms with Crippen LogP contribution in [0.25, 0.3) is 10.6 Å².